The van der Waals surface area contributed by atoms with Crippen molar-refractivity contribution in [1.82, 2.24) is 10.4 Å². The maximum Gasteiger partial charge on any atom is 0.111 e. The lowest BCUT2D eigenvalue weighted by molar-refractivity contribution is 0.167. The fourth-order valence-electron chi connectivity index (χ4n) is 1.79. The summed E-state index contributed by atoms with van der Waals surface area (Å²) < 4.78 is 5.59. The van der Waals surface area contributed by atoms with Crippen LogP contribution in [-0.2, 0) is 11.2 Å². The highest BCUT2D eigenvalue weighted by Crippen LogP contribution is 2.15. The van der Waals surface area contributed by atoms with E-state index in [1.165, 1.54) is 0 Å². The van der Waals surface area contributed by atoms with Crippen LogP contribution in [0, 0.1) is 0 Å². The summed E-state index contributed by atoms with van der Waals surface area (Å²) in [7, 11) is 0. The lowest BCUT2D eigenvalue weighted by Crippen LogP contribution is -2.39. The minimum atomic E-state index is 0.0233. The van der Waals surface area contributed by atoms with Crippen LogP contribution in [-0.4, -0.2) is 17.6 Å². The van der Waals surface area contributed by atoms with Crippen molar-refractivity contribution in [2.45, 2.75) is 25.3 Å². The third-order valence-corrected chi connectivity index (χ3v) is 2.65. The minimum absolute atomic E-state index is 0.0233. The summed E-state index contributed by atoms with van der Waals surface area (Å²) in [5.41, 5.74) is 3.80. The Balaban J connectivity index is 2.03. The van der Waals surface area contributed by atoms with Gasteiger partial charge in [-0.2, -0.15) is 0 Å². The smallest absolute Gasteiger partial charge is 0.111 e. The molecule has 86 valence electrons. The summed E-state index contributed by atoms with van der Waals surface area (Å²) in [4.78, 5) is 4.28. The lowest BCUT2D eigenvalue weighted by atomic mass is 10.1. The number of hydrazine groups is 1. The molecule has 1 aromatic heterocycles. The fourth-order valence-corrected chi connectivity index (χ4v) is 1.79. The number of ether oxygens (including phenoxy) is 1. The van der Waals surface area contributed by atoms with E-state index in [-0.39, 0.29) is 6.04 Å². The average Bonchev–Trinajstić information content (AvgIpc) is 2.38. The molecule has 1 aliphatic rings. The zero-order valence-corrected chi connectivity index (χ0v) is 9.23. The zero-order valence-electron chi connectivity index (χ0n) is 9.23. The summed E-state index contributed by atoms with van der Waals surface area (Å²) in [5.74, 6) is 6.50. The molecule has 3 N–H and O–H groups in total. The van der Waals surface area contributed by atoms with Crippen LogP contribution in [0.15, 0.2) is 36.2 Å². The first-order valence-electron chi connectivity index (χ1n) is 5.59. The molecule has 1 aromatic rings. The number of hydrogen-bond acceptors (Lipinski definition) is 4. The number of pyridine rings is 1. The summed E-state index contributed by atoms with van der Waals surface area (Å²) in [6.07, 6.45) is 6.80. The lowest BCUT2D eigenvalue weighted by Gasteiger charge is -2.22. The van der Waals surface area contributed by atoms with Gasteiger partial charge in [0.2, 0.25) is 0 Å². The van der Waals surface area contributed by atoms with Gasteiger partial charge in [0.05, 0.1) is 12.6 Å². The molecule has 0 bridgehead atoms. The van der Waals surface area contributed by atoms with Crippen LogP contribution in [0.3, 0.4) is 0 Å². The predicted octanol–water partition coefficient (Wildman–Crippen LogP) is 1.15. The third-order valence-electron chi connectivity index (χ3n) is 2.65. The quantitative estimate of drug-likeness (QED) is 0.589. The monoisotopic (exact) mass is 219 g/mol. The average molecular weight is 219 g/mol. The molecule has 0 spiro atoms. The van der Waals surface area contributed by atoms with E-state index in [2.05, 4.69) is 16.5 Å². The van der Waals surface area contributed by atoms with Gasteiger partial charge in [-0.25, -0.2) is 5.43 Å². The van der Waals surface area contributed by atoms with Gasteiger partial charge in [0.25, 0.3) is 0 Å². The van der Waals surface area contributed by atoms with E-state index in [0.29, 0.717) is 0 Å². The highest BCUT2D eigenvalue weighted by molar-refractivity contribution is 5.12. The molecule has 2 heterocycles. The molecule has 0 fully saturated rings. The molecule has 16 heavy (non-hydrogen) atoms. The Hall–Kier alpha value is -1.39. The van der Waals surface area contributed by atoms with Crippen molar-refractivity contribution in [3.05, 3.63) is 41.9 Å². The second-order valence-corrected chi connectivity index (χ2v) is 3.84. The molecular formula is C12H17N3O. The molecule has 1 atom stereocenters. The van der Waals surface area contributed by atoms with Crippen LogP contribution in [0.5, 0.6) is 0 Å². The molecule has 0 aromatic carbocycles. The Morgan fingerprint density at radius 2 is 2.44 bits per heavy atom. The molecule has 1 unspecified atom stereocenters. The highest BCUT2D eigenvalue weighted by Gasteiger charge is 2.17. The Morgan fingerprint density at radius 3 is 3.06 bits per heavy atom. The molecule has 1 aliphatic heterocycles. The zero-order chi connectivity index (χ0) is 11.2. The Labute approximate surface area is 95.5 Å². The largest absolute Gasteiger partial charge is 0.497 e. The van der Waals surface area contributed by atoms with Crippen molar-refractivity contribution in [1.29, 1.82) is 0 Å². The van der Waals surface area contributed by atoms with E-state index in [1.54, 1.807) is 6.20 Å². The normalized spacial score (nSPS) is 17.4. The van der Waals surface area contributed by atoms with E-state index < -0.39 is 0 Å². The second-order valence-electron chi connectivity index (χ2n) is 3.84. The molecular weight excluding hydrogens is 202 g/mol. The van der Waals surface area contributed by atoms with Gasteiger partial charge in [0, 0.05) is 18.3 Å². The maximum absolute atomic E-state index is 5.59. The van der Waals surface area contributed by atoms with Gasteiger partial charge in [0.15, 0.2) is 0 Å². The van der Waals surface area contributed by atoms with Gasteiger partial charge in [0.1, 0.15) is 5.76 Å². The topological polar surface area (TPSA) is 60.2 Å². The van der Waals surface area contributed by atoms with E-state index in [4.69, 9.17) is 10.6 Å². The fraction of sp³-hybridized carbons (Fsp3) is 0.417. The Bertz CT molecular complexity index is 351. The van der Waals surface area contributed by atoms with Crippen LogP contribution >= 0.6 is 0 Å². The van der Waals surface area contributed by atoms with Gasteiger partial charge in [-0.05, 0) is 31.1 Å². The number of aromatic nitrogens is 1. The van der Waals surface area contributed by atoms with Gasteiger partial charge in [-0.3, -0.25) is 10.8 Å². The van der Waals surface area contributed by atoms with Crippen LogP contribution in [0.4, 0.5) is 0 Å². The van der Waals surface area contributed by atoms with Gasteiger partial charge in [-0.1, -0.05) is 6.07 Å². The van der Waals surface area contributed by atoms with Gasteiger partial charge < -0.3 is 4.74 Å². The molecule has 4 heteroatoms. The number of nitrogens with one attached hydrogen (secondary N) is 1. The van der Waals surface area contributed by atoms with Crippen LogP contribution in [0.1, 0.15) is 18.5 Å². The number of rotatable bonds is 4. The molecule has 0 saturated heterocycles. The Kier molecular flexibility index (Phi) is 3.91. The first kappa shape index (κ1) is 11.1. The van der Waals surface area contributed by atoms with Gasteiger partial charge in [-0.15, -0.1) is 0 Å². The predicted molar refractivity (Wildman–Crippen MR) is 62.3 cm³/mol. The van der Waals surface area contributed by atoms with E-state index in [9.17, 15) is 0 Å². The minimum Gasteiger partial charge on any atom is -0.497 e. The molecule has 2 rings (SSSR count). The molecule has 4 nitrogen and oxygen atoms in total. The van der Waals surface area contributed by atoms with Crippen molar-refractivity contribution in [3.63, 3.8) is 0 Å². The van der Waals surface area contributed by atoms with Crippen molar-refractivity contribution in [3.8, 4) is 0 Å². The van der Waals surface area contributed by atoms with Crippen LogP contribution < -0.4 is 11.3 Å². The third kappa shape index (κ3) is 2.81. The summed E-state index contributed by atoms with van der Waals surface area (Å²) in [6, 6.07) is 5.90. The summed E-state index contributed by atoms with van der Waals surface area (Å²) >= 11 is 0. The molecule has 0 radical (unpaired) electrons. The first-order chi connectivity index (χ1) is 7.90. The van der Waals surface area contributed by atoms with Crippen molar-refractivity contribution >= 4 is 0 Å². The number of allylic oxidation sites excluding steroid dienone is 1. The molecule has 0 amide bonds. The standard InChI is InChI=1S/C12H17N3O/c13-15-11(12-6-2-4-8-16-12)9-10-5-1-3-7-14-10/h1,3,5-7,11,15H,2,4,8-9,13H2. The number of hydrogen-bond donors (Lipinski definition) is 2. The van der Waals surface area contributed by atoms with Crippen LogP contribution in [0.2, 0.25) is 0 Å². The van der Waals surface area contributed by atoms with E-state index >= 15 is 0 Å². The SMILES string of the molecule is NNC(Cc1ccccn1)C1=CCCCO1. The van der Waals surface area contributed by atoms with Crippen LogP contribution in [0.25, 0.3) is 0 Å². The summed E-state index contributed by atoms with van der Waals surface area (Å²) in [5, 5.41) is 0. The van der Waals surface area contributed by atoms with E-state index in [0.717, 1.165) is 37.3 Å². The van der Waals surface area contributed by atoms with Gasteiger partial charge >= 0.3 is 0 Å². The molecule has 0 saturated carbocycles. The second kappa shape index (κ2) is 5.63. The Morgan fingerprint density at radius 1 is 1.50 bits per heavy atom. The highest BCUT2D eigenvalue weighted by atomic mass is 16.5. The van der Waals surface area contributed by atoms with Crippen molar-refractivity contribution < 1.29 is 4.74 Å². The van der Waals surface area contributed by atoms with Crippen molar-refractivity contribution in [2.24, 2.45) is 5.84 Å². The van der Waals surface area contributed by atoms with Crippen molar-refractivity contribution in [2.75, 3.05) is 6.61 Å². The first-order valence-corrected chi connectivity index (χ1v) is 5.59. The van der Waals surface area contributed by atoms with E-state index in [1.807, 2.05) is 18.2 Å². The maximum atomic E-state index is 5.59. The number of nitrogens with zero attached hydrogens (tertiary/aromatic N) is 1. The summed E-state index contributed by atoms with van der Waals surface area (Å²) in [6.45, 7) is 0.784. The number of nitrogens with two attached hydrogens (primary N) is 1. The molecule has 0 aliphatic carbocycles.